The standard InChI is InChI=1S/C19H36O3Si/c1-16-15-17(22-18(16)20)13-11-9-7-8-10-12-14-21-23(5,6)19(2,3)4/h17H,1,7-15H2,2-6H3. The molecule has 0 radical (unpaired) electrons. The number of cyclic esters (lactones) is 1. The molecule has 1 heterocycles. The third-order valence-corrected chi connectivity index (χ3v) is 9.76. The van der Waals surface area contributed by atoms with Gasteiger partial charge < -0.3 is 9.16 Å². The first-order valence-corrected chi connectivity index (χ1v) is 12.1. The van der Waals surface area contributed by atoms with E-state index in [9.17, 15) is 4.79 Å². The van der Waals surface area contributed by atoms with E-state index in [0.29, 0.717) is 10.6 Å². The Balaban J connectivity index is 1.94. The molecular formula is C19H36O3Si. The average molecular weight is 341 g/mol. The summed E-state index contributed by atoms with van der Waals surface area (Å²) in [5, 5.41) is 0.308. The van der Waals surface area contributed by atoms with Crippen molar-refractivity contribution >= 4 is 14.3 Å². The molecular weight excluding hydrogens is 304 g/mol. The number of hydrogen-bond donors (Lipinski definition) is 0. The Bertz CT molecular complexity index is 380. The highest BCUT2D eigenvalue weighted by Crippen LogP contribution is 2.36. The molecule has 1 unspecified atom stereocenters. The predicted octanol–water partition coefficient (Wildman–Crippen LogP) is 5.61. The van der Waals surface area contributed by atoms with Crippen molar-refractivity contribution in [3.05, 3.63) is 12.2 Å². The number of esters is 1. The summed E-state index contributed by atoms with van der Waals surface area (Å²) in [6.45, 7) is 16.1. The molecule has 0 saturated carbocycles. The van der Waals surface area contributed by atoms with Crippen LogP contribution in [0.2, 0.25) is 18.1 Å². The number of carbonyl (C=O) groups excluding carboxylic acids is 1. The van der Waals surface area contributed by atoms with E-state index in [1.54, 1.807) is 0 Å². The highest BCUT2D eigenvalue weighted by Gasteiger charge is 2.36. The minimum Gasteiger partial charge on any atom is -0.459 e. The highest BCUT2D eigenvalue weighted by molar-refractivity contribution is 6.74. The monoisotopic (exact) mass is 340 g/mol. The van der Waals surface area contributed by atoms with Gasteiger partial charge in [-0.15, -0.1) is 0 Å². The van der Waals surface area contributed by atoms with Gasteiger partial charge in [-0.3, -0.25) is 0 Å². The summed E-state index contributed by atoms with van der Waals surface area (Å²) in [4.78, 5) is 11.2. The quantitative estimate of drug-likeness (QED) is 0.224. The zero-order valence-electron chi connectivity index (χ0n) is 15.9. The van der Waals surface area contributed by atoms with Crippen LogP contribution in [0.5, 0.6) is 0 Å². The lowest BCUT2D eigenvalue weighted by molar-refractivity contribution is -0.139. The van der Waals surface area contributed by atoms with Crippen LogP contribution in [0.15, 0.2) is 12.2 Å². The van der Waals surface area contributed by atoms with Crippen molar-refractivity contribution in [1.29, 1.82) is 0 Å². The molecule has 1 fully saturated rings. The van der Waals surface area contributed by atoms with Gasteiger partial charge in [-0.05, 0) is 37.4 Å². The van der Waals surface area contributed by atoms with Gasteiger partial charge in [0, 0.05) is 18.6 Å². The molecule has 3 nitrogen and oxygen atoms in total. The van der Waals surface area contributed by atoms with Crippen LogP contribution in [-0.4, -0.2) is 27.0 Å². The van der Waals surface area contributed by atoms with E-state index in [0.717, 1.165) is 25.9 Å². The van der Waals surface area contributed by atoms with Gasteiger partial charge in [0.25, 0.3) is 0 Å². The average Bonchev–Trinajstić information content (AvgIpc) is 2.74. The minimum atomic E-state index is -1.56. The van der Waals surface area contributed by atoms with Crippen LogP contribution in [0.25, 0.3) is 0 Å². The van der Waals surface area contributed by atoms with Crippen molar-refractivity contribution in [2.45, 2.75) is 96.4 Å². The molecule has 0 amide bonds. The number of unbranched alkanes of at least 4 members (excludes halogenated alkanes) is 5. The molecule has 0 aliphatic carbocycles. The number of ether oxygens (including phenoxy) is 1. The van der Waals surface area contributed by atoms with Gasteiger partial charge in [-0.2, -0.15) is 0 Å². The summed E-state index contributed by atoms with van der Waals surface area (Å²) in [7, 11) is -1.56. The Morgan fingerprint density at radius 2 is 1.70 bits per heavy atom. The zero-order chi connectivity index (χ0) is 17.5. The van der Waals surface area contributed by atoms with E-state index in [4.69, 9.17) is 9.16 Å². The predicted molar refractivity (Wildman–Crippen MR) is 99.1 cm³/mol. The first-order chi connectivity index (χ1) is 10.6. The Morgan fingerprint density at radius 1 is 1.13 bits per heavy atom. The molecule has 1 rings (SSSR count). The van der Waals surface area contributed by atoms with Crippen molar-refractivity contribution < 1.29 is 14.0 Å². The Labute approximate surface area is 144 Å². The second-order valence-corrected chi connectivity index (χ2v) is 13.2. The fourth-order valence-electron chi connectivity index (χ4n) is 2.52. The number of rotatable bonds is 10. The molecule has 1 atom stereocenters. The molecule has 0 spiro atoms. The topological polar surface area (TPSA) is 35.5 Å². The van der Waals surface area contributed by atoms with Crippen molar-refractivity contribution in [2.24, 2.45) is 0 Å². The second kappa shape index (κ2) is 9.02. The van der Waals surface area contributed by atoms with Gasteiger partial charge in [0.15, 0.2) is 8.32 Å². The third kappa shape index (κ3) is 7.21. The van der Waals surface area contributed by atoms with Crippen molar-refractivity contribution in [2.75, 3.05) is 6.61 Å². The molecule has 1 aliphatic rings. The van der Waals surface area contributed by atoms with Gasteiger partial charge in [0.2, 0.25) is 0 Å². The second-order valence-electron chi connectivity index (χ2n) is 8.35. The van der Waals surface area contributed by atoms with E-state index in [2.05, 4.69) is 40.4 Å². The summed E-state index contributed by atoms with van der Waals surface area (Å²) in [5.41, 5.74) is 0.636. The zero-order valence-corrected chi connectivity index (χ0v) is 16.9. The van der Waals surface area contributed by atoms with Gasteiger partial charge in [0.05, 0.1) is 0 Å². The van der Waals surface area contributed by atoms with E-state index in [1.165, 1.54) is 32.1 Å². The summed E-state index contributed by atoms with van der Waals surface area (Å²) >= 11 is 0. The molecule has 0 aromatic carbocycles. The Hall–Kier alpha value is -0.613. The summed E-state index contributed by atoms with van der Waals surface area (Å²) in [6.07, 6.45) is 9.14. The molecule has 1 aliphatic heterocycles. The van der Waals surface area contributed by atoms with Crippen molar-refractivity contribution in [3.63, 3.8) is 0 Å². The molecule has 23 heavy (non-hydrogen) atoms. The van der Waals surface area contributed by atoms with Crippen LogP contribution in [0.4, 0.5) is 0 Å². The summed E-state index contributed by atoms with van der Waals surface area (Å²) in [6, 6.07) is 0. The lowest BCUT2D eigenvalue weighted by Crippen LogP contribution is -2.40. The Kier molecular flexibility index (Phi) is 8.02. The van der Waals surface area contributed by atoms with Crippen LogP contribution < -0.4 is 0 Å². The van der Waals surface area contributed by atoms with Crippen LogP contribution in [0.1, 0.15) is 72.1 Å². The summed E-state index contributed by atoms with van der Waals surface area (Å²) < 4.78 is 11.4. The lowest BCUT2D eigenvalue weighted by atomic mass is 10.0. The fraction of sp³-hybridized carbons (Fsp3) is 0.842. The minimum absolute atomic E-state index is 0.0907. The maximum absolute atomic E-state index is 11.2. The van der Waals surface area contributed by atoms with Crippen LogP contribution in [0, 0.1) is 0 Å². The molecule has 134 valence electrons. The first kappa shape index (κ1) is 20.4. The third-order valence-electron chi connectivity index (χ3n) is 5.23. The van der Waals surface area contributed by atoms with E-state index in [-0.39, 0.29) is 12.1 Å². The van der Waals surface area contributed by atoms with Crippen LogP contribution in [0.3, 0.4) is 0 Å². The van der Waals surface area contributed by atoms with Crippen LogP contribution in [-0.2, 0) is 14.0 Å². The molecule has 0 aromatic heterocycles. The van der Waals surface area contributed by atoms with Gasteiger partial charge in [0.1, 0.15) is 6.10 Å². The normalized spacial score (nSPS) is 19.3. The van der Waals surface area contributed by atoms with Gasteiger partial charge >= 0.3 is 5.97 Å². The van der Waals surface area contributed by atoms with E-state index in [1.807, 2.05) is 0 Å². The molecule has 0 N–H and O–H groups in total. The van der Waals surface area contributed by atoms with Crippen molar-refractivity contribution in [3.8, 4) is 0 Å². The molecule has 1 saturated heterocycles. The van der Waals surface area contributed by atoms with E-state index < -0.39 is 8.32 Å². The van der Waals surface area contributed by atoms with E-state index >= 15 is 0 Å². The smallest absolute Gasteiger partial charge is 0.333 e. The van der Waals surface area contributed by atoms with Crippen LogP contribution >= 0.6 is 0 Å². The van der Waals surface area contributed by atoms with Gasteiger partial charge in [-0.1, -0.05) is 53.0 Å². The summed E-state index contributed by atoms with van der Waals surface area (Å²) in [5.74, 6) is -0.197. The first-order valence-electron chi connectivity index (χ1n) is 9.16. The SMILES string of the molecule is C=C1CC(CCCCCCCCO[Si](C)(C)C(C)(C)C)OC1=O. The van der Waals surface area contributed by atoms with Gasteiger partial charge in [-0.25, -0.2) is 4.79 Å². The molecule has 0 bridgehead atoms. The lowest BCUT2D eigenvalue weighted by Gasteiger charge is -2.36. The largest absolute Gasteiger partial charge is 0.459 e. The maximum atomic E-state index is 11.2. The molecule has 4 heteroatoms. The maximum Gasteiger partial charge on any atom is 0.333 e. The van der Waals surface area contributed by atoms with Crippen molar-refractivity contribution in [1.82, 2.24) is 0 Å². The highest BCUT2D eigenvalue weighted by atomic mass is 28.4. The fourth-order valence-corrected chi connectivity index (χ4v) is 3.61. The molecule has 0 aromatic rings. The number of hydrogen-bond acceptors (Lipinski definition) is 3. The number of carbonyl (C=O) groups is 1. The Morgan fingerprint density at radius 3 is 2.22 bits per heavy atom.